The van der Waals surface area contributed by atoms with Gasteiger partial charge in [0.05, 0.1) is 17.1 Å². The van der Waals surface area contributed by atoms with Crippen LogP contribution in [0.3, 0.4) is 0 Å². The molecule has 3 aromatic heterocycles. The Morgan fingerprint density at radius 1 is 1.00 bits per heavy atom. The van der Waals surface area contributed by atoms with Gasteiger partial charge in [-0.05, 0) is 106 Å². The topological polar surface area (TPSA) is 74.1 Å². The van der Waals surface area contributed by atoms with E-state index in [1.54, 1.807) is 27.8 Å². The maximum Gasteiger partial charge on any atom is 0.214 e. The van der Waals surface area contributed by atoms with Crippen LogP contribution >= 0.6 is 11.3 Å². The van der Waals surface area contributed by atoms with E-state index in [9.17, 15) is 12.8 Å². The summed E-state index contributed by atoms with van der Waals surface area (Å²) in [6.07, 6.45) is 8.76. The van der Waals surface area contributed by atoms with Crippen LogP contribution in [-0.4, -0.2) is 77.5 Å². The molecule has 1 aromatic carbocycles. The van der Waals surface area contributed by atoms with Gasteiger partial charge in [-0.15, -0.1) is 11.3 Å². The number of fused-ring (bicyclic) bond motifs is 1. The summed E-state index contributed by atoms with van der Waals surface area (Å²) in [5, 5.41) is 2.83. The second-order valence-electron chi connectivity index (χ2n) is 11.8. The lowest BCUT2D eigenvalue weighted by Gasteiger charge is -2.21. The first-order valence-corrected chi connectivity index (χ1v) is 18.0. The van der Waals surface area contributed by atoms with Crippen molar-refractivity contribution in [2.24, 2.45) is 0 Å². The van der Waals surface area contributed by atoms with Crippen LogP contribution in [-0.2, 0) is 16.4 Å². The quantitative estimate of drug-likeness (QED) is 0.206. The minimum Gasteiger partial charge on any atom is -0.305 e. The van der Waals surface area contributed by atoms with E-state index in [1.807, 2.05) is 12.4 Å². The Labute approximate surface area is 258 Å². The fraction of sp³-hybridized carbons (Fsp3) is 0.500. The zero-order valence-electron chi connectivity index (χ0n) is 25.1. The van der Waals surface area contributed by atoms with Crippen molar-refractivity contribution in [3.05, 3.63) is 65.0 Å². The summed E-state index contributed by atoms with van der Waals surface area (Å²) in [4.78, 5) is 14.3. The number of halogens is 1. The van der Waals surface area contributed by atoms with Crippen molar-refractivity contribution in [1.29, 1.82) is 0 Å². The molecule has 2 aliphatic heterocycles. The molecule has 5 heterocycles. The van der Waals surface area contributed by atoms with Gasteiger partial charge in [-0.25, -0.2) is 27.1 Å². The highest BCUT2D eigenvalue weighted by molar-refractivity contribution is 7.89. The summed E-state index contributed by atoms with van der Waals surface area (Å²) in [5.41, 5.74) is 4.78. The fourth-order valence-electron chi connectivity index (χ4n) is 6.48. The Morgan fingerprint density at radius 3 is 2.56 bits per heavy atom. The molecule has 6 rings (SSSR count). The molecule has 1 unspecified atom stereocenters. The Bertz CT molecular complexity index is 1650. The van der Waals surface area contributed by atoms with Crippen LogP contribution in [0.4, 0.5) is 15.3 Å². The van der Waals surface area contributed by atoms with Gasteiger partial charge in [0.2, 0.25) is 10.0 Å². The van der Waals surface area contributed by atoms with Crippen molar-refractivity contribution in [1.82, 2.24) is 23.6 Å². The van der Waals surface area contributed by atoms with Gasteiger partial charge in [0.25, 0.3) is 0 Å². The lowest BCUT2D eigenvalue weighted by molar-refractivity contribution is 0.338. The molecule has 0 spiro atoms. The second-order valence-corrected chi connectivity index (χ2v) is 14.7. The van der Waals surface area contributed by atoms with Gasteiger partial charge in [-0.1, -0.05) is 13.0 Å². The number of aromatic nitrogens is 3. The van der Waals surface area contributed by atoms with E-state index in [2.05, 4.69) is 39.5 Å². The van der Waals surface area contributed by atoms with Gasteiger partial charge in [-0.3, -0.25) is 4.40 Å². The summed E-state index contributed by atoms with van der Waals surface area (Å²) in [6.45, 7) is 6.36. The molecule has 0 radical (unpaired) electrons. The molecule has 0 saturated carbocycles. The van der Waals surface area contributed by atoms with Crippen LogP contribution < -0.4 is 4.90 Å². The fourth-order valence-corrected chi connectivity index (χ4v) is 8.83. The Hall–Kier alpha value is -2.86. The molecule has 11 heteroatoms. The lowest BCUT2D eigenvalue weighted by atomic mass is 9.93. The molecule has 0 N–H and O–H groups in total. The number of hydrogen-bond acceptors (Lipinski definition) is 7. The molecule has 2 aliphatic rings. The number of benzene rings is 1. The van der Waals surface area contributed by atoms with E-state index in [0.29, 0.717) is 19.5 Å². The third-order valence-corrected chi connectivity index (χ3v) is 11.8. The third kappa shape index (κ3) is 6.64. The molecule has 0 bridgehead atoms. The molecular weight excluding hydrogens is 584 g/mol. The molecule has 2 saturated heterocycles. The maximum absolute atomic E-state index is 13.4. The number of nitrogens with zero attached hydrogens (tertiary/aromatic N) is 6. The summed E-state index contributed by atoms with van der Waals surface area (Å²) < 4.78 is 43.7. The predicted molar refractivity (Wildman–Crippen MR) is 172 cm³/mol. The number of hydrogen-bond donors (Lipinski definition) is 0. The smallest absolute Gasteiger partial charge is 0.214 e. The maximum atomic E-state index is 13.4. The van der Waals surface area contributed by atoms with Crippen molar-refractivity contribution in [3.63, 3.8) is 0 Å². The van der Waals surface area contributed by atoms with E-state index >= 15 is 0 Å². The number of imidazole rings is 1. The molecule has 0 aliphatic carbocycles. The van der Waals surface area contributed by atoms with Crippen molar-refractivity contribution >= 4 is 38.0 Å². The van der Waals surface area contributed by atoms with Gasteiger partial charge in [-0.2, -0.15) is 0 Å². The molecular formula is C32H41FN6O2S2. The van der Waals surface area contributed by atoms with Crippen LogP contribution in [0.25, 0.3) is 16.9 Å². The number of rotatable bonds is 10. The summed E-state index contributed by atoms with van der Waals surface area (Å²) in [6, 6.07) is 10.6. The van der Waals surface area contributed by atoms with Gasteiger partial charge >= 0.3 is 0 Å². The predicted octanol–water partition coefficient (Wildman–Crippen LogP) is 6.31. The normalized spacial score (nSPS) is 18.8. The highest BCUT2D eigenvalue weighted by atomic mass is 32.2. The molecule has 43 heavy (non-hydrogen) atoms. The molecule has 1 atom stereocenters. The van der Waals surface area contributed by atoms with E-state index < -0.39 is 10.0 Å². The number of likely N-dealkylation sites (tertiary alicyclic amines) is 1. The Morgan fingerprint density at radius 2 is 1.79 bits per heavy atom. The first-order chi connectivity index (χ1) is 20.8. The highest BCUT2D eigenvalue weighted by Crippen LogP contribution is 2.35. The highest BCUT2D eigenvalue weighted by Gasteiger charge is 2.28. The van der Waals surface area contributed by atoms with Gasteiger partial charge in [0, 0.05) is 37.3 Å². The number of thiazole rings is 1. The minimum atomic E-state index is -3.25. The zero-order chi connectivity index (χ0) is 30.0. The lowest BCUT2D eigenvalue weighted by Crippen LogP contribution is -2.35. The van der Waals surface area contributed by atoms with Gasteiger partial charge < -0.3 is 9.80 Å². The average molecular weight is 625 g/mol. The number of sulfonamides is 1. The monoisotopic (exact) mass is 624 g/mol. The Kier molecular flexibility index (Phi) is 9.13. The first kappa shape index (κ1) is 30.2. The van der Waals surface area contributed by atoms with E-state index in [0.717, 1.165) is 78.9 Å². The number of anilines is 2. The SMILES string of the molecule is CCc1nc2ccc(C3CCCN(S(=O)(=O)CCCN4CCCC4)CC3)cn2c1N(C)c1nc(-c2ccc(F)cc2)cs1. The van der Waals surface area contributed by atoms with Gasteiger partial charge in [0.1, 0.15) is 17.3 Å². The number of aryl methyl sites for hydroxylation is 1. The van der Waals surface area contributed by atoms with E-state index in [-0.39, 0.29) is 17.5 Å². The van der Waals surface area contributed by atoms with Crippen LogP contribution in [0.5, 0.6) is 0 Å². The van der Waals surface area contributed by atoms with Crippen molar-refractivity contribution in [2.75, 3.05) is 50.4 Å². The second kappa shape index (κ2) is 13.0. The minimum absolute atomic E-state index is 0.240. The zero-order valence-corrected chi connectivity index (χ0v) is 26.7. The standard InChI is InChI=1S/C32H41FN6O2S2/c1-3-28-31(36(2)32-35-29(23-42-32)25-9-12-27(33)13-10-25)39-22-26(11-14-30(39)34-28)24-8-6-19-38(20-15-24)43(40,41)21-7-18-37-16-4-5-17-37/h9-14,22-24H,3-8,15-21H2,1-2H3. The van der Waals surface area contributed by atoms with E-state index in [4.69, 9.17) is 9.97 Å². The molecule has 0 amide bonds. The van der Waals surface area contributed by atoms with Crippen LogP contribution in [0.15, 0.2) is 48.0 Å². The molecule has 8 nitrogen and oxygen atoms in total. The van der Waals surface area contributed by atoms with Gasteiger partial charge in [0.15, 0.2) is 5.13 Å². The molecule has 230 valence electrons. The average Bonchev–Trinajstić information content (AvgIpc) is 3.74. The Balaban J connectivity index is 1.18. The van der Waals surface area contributed by atoms with Crippen molar-refractivity contribution < 1.29 is 12.8 Å². The summed E-state index contributed by atoms with van der Waals surface area (Å²) in [5.74, 6) is 1.24. The summed E-state index contributed by atoms with van der Waals surface area (Å²) >= 11 is 1.55. The van der Waals surface area contributed by atoms with Crippen LogP contribution in [0.2, 0.25) is 0 Å². The first-order valence-electron chi connectivity index (χ1n) is 15.5. The van der Waals surface area contributed by atoms with Crippen LogP contribution in [0, 0.1) is 5.82 Å². The number of pyridine rings is 1. The van der Waals surface area contributed by atoms with Crippen molar-refractivity contribution in [2.45, 2.75) is 57.8 Å². The molecule has 2 fully saturated rings. The van der Waals surface area contributed by atoms with Crippen molar-refractivity contribution in [3.8, 4) is 11.3 Å². The third-order valence-electron chi connectivity index (χ3n) is 8.88. The summed E-state index contributed by atoms with van der Waals surface area (Å²) in [7, 11) is -1.23. The van der Waals surface area contributed by atoms with Crippen LogP contribution in [0.1, 0.15) is 62.6 Å². The van der Waals surface area contributed by atoms with E-state index in [1.165, 1.54) is 30.5 Å². The largest absolute Gasteiger partial charge is 0.305 e. The molecule has 4 aromatic rings.